The second-order valence-corrected chi connectivity index (χ2v) is 6.52. The number of hydrogen-bond donors (Lipinski definition) is 1. The molecule has 0 aromatic heterocycles. The molecule has 1 aliphatic carbocycles. The Morgan fingerprint density at radius 3 is 2.61 bits per heavy atom. The Bertz CT molecular complexity index is 647. The Kier molecular flexibility index (Phi) is 3.93. The maximum absolute atomic E-state index is 12.2. The van der Waals surface area contributed by atoms with Crippen molar-refractivity contribution in [2.75, 3.05) is 13.9 Å². The lowest BCUT2D eigenvalue weighted by atomic mass is 9.90. The number of hydrogen-bond acceptors (Lipinski definition) is 5. The second-order valence-electron chi connectivity index (χ2n) is 6.52. The fraction of sp³-hybridized carbons (Fsp3) is 0.471. The topological polar surface area (TPSA) is 66.0 Å². The Morgan fingerprint density at radius 1 is 1.26 bits per heavy atom. The van der Waals surface area contributed by atoms with Gasteiger partial charge in [0.25, 0.3) is 0 Å². The molecule has 1 heterocycles. The van der Waals surface area contributed by atoms with E-state index in [2.05, 4.69) is 5.32 Å². The number of carbonyl (C=O) groups excluding carboxylic acids is 1. The van der Waals surface area contributed by atoms with Crippen LogP contribution in [0.15, 0.2) is 18.2 Å². The third-order valence-corrected chi connectivity index (χ3v) is 3.65. The average molecular weight is 319 g/mol. The van der Waals surface area contributed by atoms with Crippen molar-refractivity contribution in [3.63, 3.8) is 0 Å². The molecule has 1 aliphatic heterocycles. The quantitative estimate of drug-likeness (QED) is 0.907. The van der Waals surface area contributed by atoms with Gasteiger partial charge in [0.1, 0.15) is 11.7 Å². The highest BCUT2D eigenvalue weighted by molar-refractivity contribution is 5.71. The molecule has 6 nitrogen and oxygen atoms in total. The van der Waals surface area contributed by atoms with Crippen LogP contribution in [0.1, 0.15) is 37.9 Å². The van der Waals surface area contributed by atoms with Gasteiger partial charge in [0, 0.05) is 7.11 Å². The highest BCUT2D eigenvalue weighted by atomic mass is 16.7. The molecule has 2 atom stereocenters. The molecule has 0 saturated carbocycles. The number of amides is 1. The lowest BCUT2D eigenvalue weighted by Crippen LogP contribution is -2.40. The van der Waals surface area contributed by atoms with Crippen molar-refractivity contribution in [3.05, 3.63) is 29.3 Å². The molecule has 0 unspecified atom stereocenters. The fourth-order valence-electron chi connectivity index (χ4n) is 2.68. The van der Waals surface area contributed by atoms with Crippen LogP contribution in [0.3, 0.4) is 0 Å². The van der Waals surface area contributed by atoms with Crippen LogP contribution in [0.25, 0.3) is 6.08 Å². The molecule has 0 spiro atoms. The molecule has 6 heteroatoms. The highest BCUT2D eigenvalue weighted by Gasteiger charge is 2.31. The minimum atomic E-state index is -0.561. The molecule has 1 aromatic carbocycles. The Balaban J connectivity index is 1.89. The first-order valence-corrected chi connectivity index (χ1v) is 7.51. The monoisotopic (exact) mass is 319 g/mol. The van der Waals surface area contributed by atoms with Gasteiger partial charge in [-0.25, -0.2) is 4.79 Å². The van der Waals surface area contributed by atoms with Gasteiger partial charge in [0.2, 0.25) is 6.79 Å². The fourth-order valence-corrected chi connectivity index (χ4v) is 2.68. The van der Waals surface area contributed by atoms with Gasteiger partial charge in [0.05, 0.1) is 6.04 Å². The summed E-state index contributed by atoms with van der Waals surface area (Å²) in [6.07, 6.45) is 3.10. The van der Waals surface area contributed by atoms with Crippen LogP contribution in [-0.4, -0.2) is 31.7 Å². The van der Waals surface area contributed by atoms with Gasteiger partial charge >= 0.3 is 6.09 Å². The minimum Gasteiger partial charge on any atom is -0.454 e. The summed E-state index contributed by atoms with van der Waals surface area (Å²) in [6, 6.07) is 3.43. The summed E-state index contributed by atoms with van der Waals surface area (Å²) in [7, 11) is 1.61. The largest absolute Gasteiger partial charge is 0.454 e. The van der Waals surface area contributed by atoms with E-state index in [0.717, 1.165) is 11.1 Å². The predicted molar refractivity (Wildman–Crippen MR) is 84.5 cm³/mol. The van der Waals surface area contributed by atoms with E-state index >= 15 is 0 Å². The van der Waals surface area contributed by atoms with Gasteiger partial charge in [-0.2, -0.15) is 0 Å². The maximum Gasteiger partial charge on any atom is 0.408 e. The van der Waals surface area contributed by atoms with E-state index < -0.39 is 11.7 Å². The van der Waals surface area contributed by atoms with Crippen molar-refractivity contribution in [1.29, 1.82) is 0 Å². The number of fused-ring (bicyclic) bond motifs is 2. The van der Waals surface area contributed by atoms with Gasteiger partial charge in [-0.1, -0.05) is 12.2 Å². The van der Waals surface area contributed by atoms with Crippen molar-refractivity contribution < 1.29 is 23.7 Å². The summed E-state index contributed by atoms with van der Waals surface area (Å²) in [5, 5.41) is 2.89. The number of methoxy groups -OCH3 is 1. The summed E-state index contributed by atoms with van der Waals surface area (Å²) >= 11 is 0. The van der Waals surface area contributed by atoms with Gasteiger partial charge in [-0.3, -0.25) is 0 Å². The molecule has 1 N–H and O–H groups in total. The van der Waals surface area contributed by atoms with E-state index in [-0.39, 0.29) is 18.9 Å². The van der Waals surface area contributed by atoms with Crippen LogP contribution in [0.2, 0.25) is 0 Å². The number of nitrogens with one attached hydrogen (secondary N) is 1. The Hall–Kier alpha value is -2.21. The molecule has 0 saturated heterocycles. The van der Waals surface area contributed by atoms with Crippen molar-refractivity contribution in [3.8, 4) is 11.5 Å². The standard InChI is InChI=1S/C17H21NO5/c1-17(2,3)23-16(19)18-15-11-8-14-13(21-9-22-14)7-10(11)5-6-12(15)20-4/h5-8,12,15H,9H2,1-4H3,(H,18,19)/t12-,15-/m0/s1. The number of carbonyl (C=O) groups is 1. The number of benzene rings is 1. The summed E-state index contributed by atoms with van der Waals surface area (Å²) in [5.41, 5.74) is 1.31. The molecule has 0 radical (unpaired) electrons. The molecular formula is C17H21NO5. The zero-order valence-electron chi connectivity index (χ0n) is 13.7. The molecule has 1 amide bonds. The first kappa shape index (κ1) is 15.7. The Morgan fingerprint density at radius 2 is 1.96 bits per heavy atom. The van der Waals surface area contributed by atoms with Crippen molar-refractivity contribution in [2.24, 2.45) is 0 Å². The smallest absolute Gasteiger partial charge is 0.408 e. The zero-order valence-corrected chi connectivity index (χ0v) is 13.7. The lowest BCUT2D eigenvalue weighted by Gasteiger charge is -2.30. The zero-order chi connectivity index (χ0) is 16.6. The summed E-state index contributed by atoms with van der Waals surface area (Å²) in [4.78, 5) is 12.2. The number of alkyl carbamates (subject to hydrolysis) is 1. The molecule has 124 valence electrons. The average Bonchev–Trinajstić information content (AvgIpc) is 2.90. The van der Waals surface area contributed by atoms with E-state index in [1.165, 1.54) is 0 Å². The van der Waals surface area contributed by atoms with E-state index in [1.807, 2.05) is 45.1 Å². The first-order valence-electron chi connectivity index (χ1n) is 7.51. The highest BCUT2D eigenvalue weighted by Crippen LogP contribution is 2.40. The van der Waals surface area contributed by atoms with Gasteiger partial charge in [-0.05, 0) is 44.0 Å². The van der Waals surface area contributed by atoms with Crippen LogP contribution in [0.5, 0.6) is 11.5 Å². The second kappa shape index (κ2) is 5.77. The summed E-state index contributed by atoms with van der Waals surface area (Å²) < 4.78 is 21.7. The maximum atomic E-state index is 12.2. The van der Waals surface area contributed by atoms with Crippen molar-refractivity contribution in [1.82, 2.24) is 5.32 Å². The number of rotatable bonds is 2. The molecule has 23 heavy (non-hydrogen) atoms. The summed E-state index contributed by atoms with van der Waals surface area (Å²) in [5.74, 6) is 1.38. The van der Waals surface area contributed by atoms with E-state index in [4.69, 9.17) is 18.9 Å². The van der Waals surface area contributed by atoms with E-state index in [1.54, 1.807) is 7.11 Å². The van der Waals surface area contributed by atoms with Gasteiger partial charge in [-0.15, -0.1) is 0 Å². The summed E-state index contributed by atoms with van der Waals surface area (Å²) in [6.45, 7) is 5.69. The van der Waals surface area contributed by atoms with Gasteiger partial charge < -0.3 is 24.3 Å². The van der Waals surface area contributed by atoms with Gasteiger partial charge in [0.15, 0.2) is 11.5 Å². The molecule has 0 bridgehead atoms. The third kappa shape index (κ3) is 3.27. The predicted octanol–water partition coefficient (Wildman–Crippen LogP) is 3.02. The van der Waals surface area contributed by atoms with Crippen LogP contribution in [-0.2, 0) is 9.47 Å². The van der Waals surface area contributed by atoms with Crippen molar-refractivity contribution >= 4 is 12.2 Å². The van der Waals surface area contributed by atoms with Crippen LogP contribution >= 0.6 is 0 Å². The Labute approximate surface area is 135 Å². The van der Waals surface area contributed by atoms with Crippen molar-refractivity contribution in [2.45, 2.75) is 38.5 Å². The normalized spacial score (nSPS) is 21.7. The van der Waals surface area contributed by atoms with Crippen LogP contribution < -0.4 is 14.8 Å². The van der Waals surface area contributed by atoms with E-state index in [9.17, 15) is 4.79 Å². The molecule has 1 aromatic rings. The first-order chi connectivity index (χ1) is 10.9. The van der Waals surface area contributed by atoms with E-state index in [0.29, 0.717) is 11.5 Å². The number of ether oxygens (including phenoxy) is 4. The lowest BCUT2D eigenvalue weighted by molar-refractivity contribution is 0.0410. The molecule has 2 aliphatic rings. The van der Waals surface area contributed by atoms with Crippen LogP contribution in [0, 0.1) is 0 Å². The molecule has 3 rings (SSSR count). The molecular weight excluding hydrogens is 298 g/mol. The SMILES string of the molecule is CO[C@H]1C=Cc2cc3c(cc2[C@@H]1NC(=O)OC(C)(C)C)OCO3. The van der Waals surface area contributed by atoms with Crippen LogP contribution in [0.4, 0.5) is 4.79 Å². The molecule has 0 fully saturated rings. The third-order valence-electron chi connectivity index (χ3n) is 3.65. The minimum absolute atomic E-state index is 0.208.